The van der Waals surface area contributed by atoms with Gasteiger partial charge in [-0.05, 0) is 30.3 Å². The van der Waals surface area contributed by atoms with E-state index >= 15 is 0 Å². The van der Waals surface area contributed by atoms with Crippen molar-refractivity contribution in [2.24, 2.45) is 0 Å². The lowest BCUT2D eigenvalue weighted by molar-refractivity contribution is 0.0771. The monoisotopic (exact) mass is 403 g/mol. The van der Waals surface area contributed by atoms with E-state index in [1.165, 1.54) is 16.4 Å². The fourth-order valence-corrected chi connectivity index (χ4v) is 4.72. The normalized spacial score (nSPS) is 17.1. The van der Waals surface area contributed by atoms with Crippen LogP contribution in [0.5, 0.6) is 5.88 Å². The minimum Gasteiger partial charge on any atom is -0.472 e. The van der Waals surface area contributed by atoms with Crippen molar-refractivity contribution in [3.8, 4) is 5.88 Å². The van der Waals surface area contributed by atoms with Gasteiger partial charge in [-0.15, -0.1) is 0 Å². The van der Waals surface area contributed by atoms with E-state index in [4.69, 9.17) is 4.74 Å². The van der Waals surface area contributed by atoms with Gasteiger partial charge >= 0.3 is 0 Å². The first-order valence-electron chi connectivity index (χ1n) is 9.43. The molecule has 0 spiro atoms. The number of rotatable bonds is 7. The number of carbonyl (C=O) groups is 1. The van der Waals surface area contributed by atoms with Gasteiger partial charge in [-0.1, -0.05) is 19.9 Å². The number of aromatic nitrogens is 1. The Balaban J connectivity index is 1.65. The van der Waals surface area contributed by atoms with E-state index in [-0.39, 0.29) is 16.9 Å². The molecule has 7 nitrogen and oxygen atoms in total. The zero-order valence-electron chi connectivity index (χ0n) is 16.1. The maximum atomic E-state index is 12.7. The van der Waals surface area contributed by atoms with Gasteiger partial charge in [0.05, 0.1) is 11.4 Å². The van der Waals surface area contributed by atoms with Crippen molar-refractivity contribution >= 4 is 15.9 Å². The van der Waals surface area contributed by atoms with E-state index in [1.807, 2.05) is 12.1 Å². The quantitative estimate of drug-likeness (QED) is 0.709. The lowest BCUT2D eigenvalue weighted by Crippen LogP contribution is -2.31. The molecule has 1 unspecified atom stereocenters. The molecule has 1 aromatic carbocycles. The van der Waals surface area contributed by atoms with Gasteiger partial charge in [0.2, 0.25) is 15.9 Å². The molecule has 0 N–H and O–H groups in total. The van der Waals surface area contributed by atoms with Gasteiger partial charge in [0, 0.05) is 43.9 Å². The van der Waals surface area contributed by atoms with Crippen LogP contribution in [0.2, 0.25) is 0 Å². The van der Waals surface area contributed by atoms with Crippen LogP contribution in [0.15, 0.2) is 53.6 Å². The topological polar surface area (TPSA) is 79.8 Å². The molecule has 1 amide bonds. The fraction of sp³-hybridized carbons (Fsp3) is 0.400. The Morgan fingerprint density at radius 2 is 1.89 bits per heavy atom. The third kappa shape index (κ3) is 4.34. The Labute approximate surface area is 166 Å². The number of ether oxygens (including phenoxy) is 1. The van der Waals surface area contributed by atoms with Crippen molar-refractivity contribution in [3.05, 3.63) is 54.2 Å². The highest BCUT2D eigenvalue weighted by atomic mass is 32.2. The number of nitrogens with zero attached hydrogens (tertiary/aromatic N) is 3. The Kier molecular flexibility index (Phi) is 6.31. The van der Waals surface area contributed by atoms with Gasteiger partial charge in [0.15, 0.2) is 0 Å². The number of carbonyl (C=O) groups excluding carboxylic acids is 1. The summed E-state index contributed by atoms with van der Waals surface area (Å²) in [5, 5.41) is 0. The van der Waals surface area contributed by atoms with Crippen LogP contribution in [-0.2, 0) is 10.0 Å². The third-order valence-corrected chi connectivity index (χ3v) is 6.87. The zero-order chi connectivity index (χ0) is 20.1. The maximum absolute atomic E-state index is 12.7. The summed E-state index contributed by atoms with van der Waals surface area (Å²) in [5.41, 5.74) is 0.469. The minimum atomic E-state index is -3.52. The van der Waals surface area contributed by atoms with Gasteiger partial charge in [-0.2, -0.15) is 4.31 Å². The highest BCUT2D eigenvalue weighted by molar-refractivity contribution is 7.89. The summed E-state index contributed by atoms with van der Waals surface area (Å²) in [6.07, 6.45) is 2.30. The molecular formula is C20H25N3O4S. The van der Waals surface area contributed by atoms with Gasteiger partial charge in [0.1, 0.15) is 6.10 Å². The molecule has 1 atom stereocenters. The Morgan fingerprint density at radius 3 is 2.50 bits per heavy atom. The zero-order valence-corrected chi connectivity index (χ0v) is 16.9. The third-order valence-electron chi connectivity index (χ3n) is 4.80. The number of sulfonamides is 1. The fourth-order valence-electron chi connectivity index (χ4n) is 3.26. The predicted octanol–water partition coefficient (Wildman–Crippen LogP) is 2.41. The average Bonchev–Trinajstić information content (AvgIpc) is 3.17. The molecule has 0 radical (unpaired) electrons. The summed E-state index contributed by atoms with van der Waals surface area (Å²) >= 11 is 0. The first-order chi connectivity index (χ1) is 13.5. The molecule has 0 aliphatic carbocycles. The standard InChI is InChI=1S/C20H25N3O4S/c1-3-23(4-2)28(25,26)18-10-8-16(9-11-18)20(24)22-14-12-17(15-22)27-19-7-5-6-13-21-19/h5-11,13,17H,3-4,12,14-15H2,1-2H3. The summed E-state index contributed by atoms with van der Waals surface area (Å²) < 4.78 is 32.3. The van der Waals surface area contributed by atoms with E-state index in [0.29, 0.717) is 37.6 Å². The van der Waals surface area contributed by atoms with E-state index in [0.717, 1.165) is 6.42 Å². The first-order valence-corrected chi connectivity index (χ1v) is 10.9. The van der Waals surface area contributed by atoms with Crippen molar-refractivity contribution in [3.63, 3.8) is 0 Å². The molecule has 1 saturated heterocycles. The number of pyridine rings is 1. The highest BCUT2D eigenvalue weighted by Gasteiger charge is 2.29. The van der Waals surface area contributed by atoms with Crippen molar-refractivity contribution in [1.82, 2.24) is 14.2 Å². The van der Waals surface area contributed by atoms with E-state index in [9.17, 15) is 13.2 Å². The summed E-state index contributed by atoms with van der Waals surface area (Å²) in [6.45, 7) is 5.49. The molecule has 28 heavy (non-hydrogen) atoms. The molecule has 3 rings (SSSR count). The molecule has 1 fully saturated rings. The van der Waals surface area contributed by atoms with Crippen molar-refractivity contribution in [2.75, 3.05) is 26.2 Å². The van der Waals surface area contributed by atoms with Gasteiger partial charge in [-0.3, -0.25) is 4.79 Å². The van der Waals surface area contributed by atoms with Crippen LogP contribution in [0.25, 0.3) is 0 Å². The summed E-state index contributed by atoms with van der Waals surface area (Å²) in [7, 11) is -3.52. The molecule has 0 bridgehead atoms. The number of hydrogen-bond acceptors (Lipinski definition) is 5. The summed E-state index contributed by atoms with van der Waals surface area (Å²) in [5.74, 6) is 0.423. The molecule has 8 heteroatoms. The summed E-state index contributed by atoms with van der Waals surface area (Å²) in [4.78, 5) is 18.8. The first kappa shape index (κ1) is 20.3. The van der Waals surface area contributed by atoms with Crippen molar-refractivity contribution < 1.29 is 17.9 Å². The van der Waals surface area contributed by atoms with Gasteiger partial charge < -0.3 is 9.64 Å². The van der Waals surface area contributed by atoms with Gasteiger partial charge in [-0.25, -0.2) is 13.4 Å². The maximum Gasteiger partial charge on any atom is 0.253 e. The van der Waals surface area contributed by atoms with Crippen LogP contribution in [0, 0.1) is 0 Å². The van der Waals surface area contributed by atoms with Crippen LogP contribution in [0.4, 0.5) is 0 Å². The smallest absolute Gasteiger partial charge is 0.253 e. The minimum absolute atomic E-state index is 0.0961. The molecule has 1 aliphatic heterocycles. The molecule has 1 aliphatic rings. The Hall–Kier alpha value is -2.45. The van der Waals surface area contributed by atoms with Crippen LogP contribution in [0.3, 0.4) is 0 Å². The second-order valence-corrected chi connectivity index (χ2v) is 8.50. The largest absolute Gasteiger partial charge is 0.472 e. The molecule has 2 aromatic rings. The predicted molar refractivity (Wildman–Crippen MR) is 106 cm³/mol. The lowest BCUT2D eigenvalue weighted by Gasteiger charge is -2.19. The van der Waals surface area contributed by atoms with E-state index < -0.39 is 10.0 Å². The average molecular weight is 404 g/mol. The molecule has 150 valence electrons. The number of amides is 1. The number of benzene rings is 1. The van der Waals surface area contributed by atoms with E-state index in [1.54, 1.807) is 43.1 Å². The van der Waals surface area contributed by atoms with Crippen LogP contribution >= 0.6 is 0 Å². The number of likely N-dealkylation sites (tertiary alicyclic amines) is 1. The summed E-state index contributed by atoms with van der Waals surface area (Å²) in [6, 6.07) is 11.6. The van der Waals surface area contributed by atoms with Crippen molar-refractivity contribution in [2.45, 2.75) is 31.3 Å². The molecule has 0 saturated carbocycles. The Morgan fingerprint density at radius 1 is 1.18 bits per heavy atom. The second kappa shape index (κ2) is 8.70. The van der Waals surface area contributed by atoms with E-state index in [2.05, 4.69) is 4.98 Å². The highest BCUT2D eigenvalue weighted by Crippen LogP contribution is 2.20. The Bertz CT molecular complexity index is 897. The molecular weight excluding hydrogens is 378 g/mol. The van der Waals surface area contributed by atoms with Gasteiger partial charge in [0.25, 0.3) is 5.91 Å². The number of hydrogen-bond donors (Lipinski definition) is 0. The molecule has 2 heterocycles. The lowest BCUT2D eigenvalue weighted by atomic mass is 10.2. The van der Waals surface area contributed by atoms with Crippen LogP contribution < -0.4 is 4.74 Å². The van der Waals surface area contributed by atoms with Crippen LogP contribution in [-0.4, -0.2) is 60.8 Å². The van der Waals surface area contributed by atoms with Crippen molar-refractivity contribution in [1.29, 1.82) is 0 Å². The second-order valence-electron chi connectivity index (χ2n) is 6.56. The SMILES string of the molecule is CCN(CC)S(=O)(=O)c1ccc(C(=O)N2CCC(Oc3ccccn3)C2)cc1. The van der Waals surface area contributed by atoms with Crippen LogP contribution in [0.1, 0.15) is 30.6 Å². The molecule has 1 aromatic heterocycles.